The van der Waals surface area contributed by atoms with Gasteiger partial charge in [0.15, 0.2) is 22.3 Å². The number of aliphatic hydroxyl groups is 3. The minimum Gasteiger partial charge on any atom is -0.510 e. The summed E-state index contributed by atoms with van der Waals surface area (Å²) in [5.41, 5.74) is 6.13. The van der Waals surface area contributed by atoms with Gasteiger partial charge in [-0.15, -0.1) is 11.3 Å². The lowest BCUT2D eigenvalue weighted by Crippen LogP contribution is -2.64. The molecule has 1 amide bonds. The summed E-state index contributed by atoms with van der Waals surface area (Å²) in [7, 11) is 3.19. The van der Waals surface area contributed by atoms with E-state index in [9.17, 15) is 34.8 Å². The largest absolute Gasteiger partial charge is 0.510 e. The number of phenols is 1. The number of rotatable bonds is 6. The first-order valence-corrected chi connectivity index (χ1v) is 16.6. The molecule has 0 radical (unpaired) electrons. The first-order chi connectivity index (χ1) is 23.3. The summed E-state index contributed by atoms with van der Waals surface area (Å²) in [6.45, 7) is 1.83. The monoisotopic (exact) mass is 678 g/mol. The second-order valence-electron chi connectivity index (χ2n) is 13.0. The highest BCUT2D eigenvalue weighted by Crippen LogP contribution is 2.56. The number of likely N-dealkylation sites (N-methyl/N-ethyl adjacent to an activating group) is 1. The van der Waals surface area contributed by atoms with E-state index in [1.54, 1.807) is 26.2 Å². The molecule has 11 nitrogen and oxygen atoms in total. The average molecular weight is 679 g/mol. The lowest BCUT2D eigenvalue weighted by Gasteiger charge is -2.51. The molecule has 0 unspecified atom stereocenters. The number of aliphatic hydroxyl groups excluding tert-OH is 2. The zero-order chi connectivity index (χ0) is 34.9. The minimum atomic E-state index is -2.70. The number of allylic oxidation sites excluding steroid dienone is 1. The maximum absolute atomic E-state index is 14.2. The van der Waals surface area contributed by atoms with Crippen molar-refractivity contribution in [2.75, 3.05) is 19.4 Å². The van der Waals surface area contributed by atoms with Gasteiger partial charge in [-0.1, -0.05) is 67.6 Å². The molecular formula is C37H34N4O7S. The molecule has 0 aliphatic heterocycles. The Kier molecular flexibility index (Phi) is 7.70. The van der Waals surface area contributed by atoms with Gasteiger partial charge in [0.2, 0.25) is 5.78 Å². The first-order valence-electron chi connectivity index (χ1n) is 15.7. The molecule has 0 spiro atoms. The van der Waals surface area contributed by atoms with E-state index >= 15 is 0 Å². The number of aromatic hydroxyl groups is 1. The number of anilines is 2. The van der Waals surface area contributed by atoms with Gasteiger partial charge in [-0.3, -0.25) is 19.3 Å². The minimum absolute atomic E-state index is 0.0158. The van der Waals surface area contributed by atoms with Crippen LogP contribution >= 0.6 is 11.3 Å². The molecule has 3 aliphatic carbocycles. The van der Waals surface area contributed by atoms with Gasteiger partial charge in [-0.2, -0.15) is 0 Å². The fourth-order valence-electron chi connectivity index (χ4n) is 7.69. The molecule has 7 rings (SSSR count). The van der Waals surface area contributed by atoms with Crippen molar-refractivity contribution in [2.45, 2.75) is 30.9 Å². The van der Waals surface area contributed by atoms with Crippen molar-refractivity contribution >= 4 is 39.6 Å². The van der Waals surface area contributed by atoms with Gasteiger partial charge in [0.05, 0.1) is 23.0 Å². The number of nitrogens with one attached hydrogen (secondary N) is 1. The number of carbonyl (C=O) groups excluding carboxylic acids is 3. The van der Waals surface area contributed by atoms with E-state index < -0.39 is 64.0 Å². The fraction of sp³-hybridized carbons (Fsp3) is 0.243. The summed E-state index contributed by atoms with van der Waals surface area (Å²) in [6, 6.07) is 20.4. The normalized spacial score (nSPS) is 24.8. The van der Waals surface area contributed by atoms with Crippen molar-refractivity contribution < 1.29 is 34.8 Å². The van der Waals surface area contributed by atoms with Crippen LogP contribution in [0.15, 0.2) is 94.8 Å². The van der Waals surface area contributed by atoms with Gasteiger partial charge in [-0.05, 0) is 55.1 Å². The molecule has 0 saturated heterocycles. The van der Waals surface area contributed by atoms with E-state index in [4.69, 9.17) is 5.73 Å². The predicted molar refractivity (Wildman–Crippen MR) is 185 cm³/mol. The SMILES string of the molecule is C[C@@H]1c2ccc(Nc3nc(-c4ccc(-c5ccccc5)cc4)cs3)c(O)c2C(=O)C2=C(O)[C@]3(O)C(=O)C(C(N)=O)=C(O)[C@H](N(C)C)[C@H]3C[C@H]21. The van der Waals surface area contributed by atoms with E-state index in [1.165, 1.54) is 16.2 Å². The van der Waals surface area contributed by atoms with Crippen LogP contribution in [0.2, 0.25) is 0 Å². The molecule has 0 saturated carbocycles. The molecule has 7 N–H and O–H groups in total. The number of Topliss-reactive ketones (excluding diaryl/α,β-unsaturated/α-hetero) is 2. The third-order valence-electron chi connectivity index (χ3n) is 10.1. The number of ketones is 2. The predicted octanol–water partition coefficient (Wildman–Crippen LogP) is 5.22. The number of nitrogens with two attached hydrogens (primary N) is 1. The quantitative estimate of drug-likeness (QED) is 0.117. The second-order valence-corrected chi connectivity index (χ2v) is 13.8. The molecule has 0 bridgehead atoms. The molecule has 1 heterocycles. The summed E-state index contributed by atoms with van der Waals surface area (Å²) < 4.78 is 0. The zero-order valence-corrected chi connectivity index (χ0v) is 27.7. The lowest BCUT2D eigenvalue weighted by atomic mass is 9.56. The molecule has 12 heteroatoms. The van der Waals surface area contributed by atoms with E-state index in [1.807, 2.05) is 66.9 Å². The standard InChI is InChI=1S/C37H34N4O7S/c1-17-21-13-14-24(39-36-40-25(16-49-36)20-11-9-19(10-12-20)18-7-5-4-6-8-18)30(42)26(21)31(43)27-22(17)15-23-29(41(2)3)32(44)28(35(38)47)34(46)37(23,48)33(27)45/h4-14,16-17,22-23,29,42,44-45,48H,15H2,1-3H3,(H2,38,47)(H,39,40)/t17-,22+,23-,29-,37+/m1/s1. The summed E-state index contributed by atoms with van der Waals surface area (Å²) in [6.07, 6.45) is 0.0158. The molecule has 250 valence electrons. The Morgan fingerprint density at radius 3 is 2.29 bits per heavy atom. The van der Waals surface area contributed by atoms with Crippen LogP contribution in [0, 0.1) is 11.8 Å². The van der Waals surface area contributed by atoms with Crippen LogP contribution in [0.25, 0.3) is 22.4 Å². The summed E-state index contributed by atoms with van der Waals surface area (Å²) >= 11 is 1.32. The number of nitrogens with zero attached hydrogens (tertiary/aromatic N) is 2. The number of fused-ring (bicyclic) bond motifs is 3. The number of phenolic OH excluding ortho intramolecular Hbond substituents is 1. The Hall–Kier alpha value is -5.30. The van der Waals surface area contributed by atoms with Crippen molar-refractivity contribution in [3.05, 3.63) is 106 Å². The highest BCUT2D eigenvalue weighted by Gasteiger charge is 2.64. The molecule has 3 aromatic carbocycles. The van der Waals surface area contributed by atoms with E-state index in [0.29, 0.717) is 10.7 Å². The van der Waals surface area contributed by atoms with E-state index in [2.05, 4.69) is 10.3 Å². The highest BCUT2D eigenvalue weighted by molar-refractivity contribution is 7.14. The van der Waals surface area contributed by atoms with E-state index in [-0.39, 0.29) is 29.0 Å². The number of hydrogen-bond acceptors (Lipinski definition) is 11. The molecule has 49 heavy (non-hydrogen) atoms. The molecule has 0 fully saturated rings. The fourth-order valence-corrected chi connectivity index (χ4v) is 8.42. The molecule has 5 atom stereocenters. The number of primary amides is 1. The first kappa shape index (κ1) is 32.3. The van der Waals surface area contributed by atoms with Crippen LogP contribution in [0.1, 0.15) is 35.2 Å². The Bertz CT molecular complexity index is 2100. The maximum atomic E-state index is 14.2. The average Bonchev–Trinajstić information content (AvgIpc) is 3.54. The smallest absolute Gasteiger partial charge is 0.255 e. The number of benzene rings is 3. The number of aromatic nitrogens is 1. The summed E-state index contributed by atoms with van der Waals surface area (Å²) in [5.74, 6) is -7.38. The molecular weight excluding hydrogens is 644 g/mol. The van der Waals surface area contributed by atoms with Gasteiger partial charge in [0.25, 0.3) is 5.91 Å². The van der Waals surface area contributed by atoms with E-state index in [0.717, 1.165) is 22.4 Å². The van der Waals surface area contributed by atoms with Gasteiger partial charge in [0, 0.05) is 22.4 Å². The third kappa shape index (κ3) is 4.86. The van der Waals surface area contributed by atoms with Gasteiger partial charge in [-0.25, -0.2) is 4.98 Å². The van der Waals surface area contributed by atoms with Crippen LogP contribution in [0.3, 0.4) is 0 Å². The molecule has 3 aliphatic rings. The van der Waals surface area contributed by atoms with Crippen LogP contribution in [-0.2, 0) is 9.59 Å². The molecule has 1 aromatic heterocycles. The van der Waals surface area contributed by atoms with Crippen LogP contribution in [0.4, 0.5) is 10.8 Å². The Morgan fingerprint density at radius 2 is 1.63 bits per heavy atom. The topological polar surface area (TPSA) is 186 Å². The van der Waals surface area contributed by atoms with Crippen molar-refractivity contribution in [3.63, 3.8) is 0 Å². The maximum Gasteiger partial charge on any atom is 0.255 e. The summed E-state index contributed by atoms with van der Waals surface area (Å²) in [4.78, 5) is 46.2. The number of amides is 1. The number of hydrogen-bond donors (Lipinski definition) is 6. The van der Waals surface area contributed by atoms with Crippen molar-refractivity contribution in [2.24, 2.45) is 17.6 Å². The number of carbonyl (C=O) groups is 3. The summed E-state index contributed by atoms with van der Waals surface area (Å²) in [5, 5.41) is 51.4. The Morgan fingerprint density at radius 1 is 0.980 bits per heavy atom. The Labute approximate surface area is 285 Å². The molecule has 4 aromatic rings. The van der Waals surface area contributed by atoms with Crippen LogP contribution < -0.4 is 11.1 Å². The number of thiazole rings is 1. The van der Waals surface area contributed by atoms with Crippen LogP contribution in [-0.4, -0.2) is 73.5 Å². The lowest BCUT2D eigenvalue weighted by molar-refractivity contribution is -0.148. The Balaban J connectivity index is 1.22. The highest BCUT2D eigenvalue weighted by atomic mass is 32.1. The van der Waals surface area contributed by atoms with Gasteiger partial charge >= 0.3 is 0 Å². The van der Waals surface area contributed by atoms with Gasteiger partial charge in [0.1, 0.15) is 17.1 Å². The van der Waals surface area contributed by atoms with Crippen molar-refractivity contribution in [1.29, 1.82) is 0 Å². The second kappa shape index (κ2) is 11.7. The van der Waals surface area contributed by atoms with Gasteiger partial charge < -0.3 is 31.5 Å². The third-order valence-corrected chi connectivity index (χ3v) is 10.9. The van der Waals surface area contributed by atoms with Crippen molar-refractivity contribution in [1.82, 2.24) is 9.88 Å². The van der Waals surface area contributed by atoms with Crippen molar-refractivity contribution in [3.8, 4) is 28.1 Å². The van der Waals surface area contributed by atoms with Crippen LogP contribution in [0.5, 0.6) is 5.75 Å². The zero-order valence-electron chi connectivity index (χ0n) is 26.8.